The molecule has 0 saturated heterocycles. The molecule has 1 atom stereocenters. The van der Waals surface area contributed by atoms with Gasteiger partial charge in [-0.05, 0) is 42.8 Å². The number of hydrazine groups is 1. The molecule has 0 bridgehead atoms. The molecule has 0 aliphatic heterocycles. The van der Waals surface area contributed by atoms with Crippen LogP contribution in [0.5, 0.6) is 0 Å². The van der Waals surface area contributed by atoms with Crippen LogP contribution < -0.4 is 11.3 Å². The second kappa shape index (κ2) is 5.34. The van der Waals surface area contributed by atoms with Crippen LogP contribution in [0.15, 0.2) is 17.0 Å². The quantitative estimate of drug-likeness (QED) is 0.468. The van der Waals surface area contributed by atoms with Crippen LogP contribution in [-0.4, -0.2) is 9.59 Å². The Morgan fingerprint density at radius 1 is 1.40 bits per heavy atom. The highest BCUT2D eigenvalue weighted by atomic mass is 32.1. The van der Waals surface area contributed by atoms with Crippen molar-refractivity contribution in [3.63, 3.8) is 0 Å². The van der Waals surface area contributed by atoms with Gasteiger partial charge in [0.05, 0.1) is 11.7 Å². The van der Waals surface area contributed by atoms with Gasteiger partial charge in [-0.3, -0.25) is 5.84 Å². The molecule has 0 aromatic carbocycles. The minimum atomic E-state index is 0.0573. The minimum absolute atomic E-state index is 0.0573. The summed E-state index contributed by atoms with van der Waals surface area (Å²) < 4.78 is 3.88. The zero-order valence-corrected chi connectivity index (χ0v) is 9.46. The fourth-order valence-electron chi connectivity index (χ4n) is 1.98. The Morgan fingerprint density at radius 2 is 2.33 bits per heavy atom. The van der Waals surface area contributed by atoms with Crippen LogP contribution in [-0.2, 0) is 0 Å². The first-order valence-corrected chi connectivity index (χ1v) is 6.17. The molecule has 82 valence electrons. The lowest BCUT2D eigenvalue weighted by molar-refractivity contribution is 0.579. The number of nitrogens with zero attached hydrogens (tertiary/aromatic N) is 2. The van der Waals surface area contributed by atoms with Crippen LogP contribution in [0.2, 0.25) is 0 Å². The van der Waals surface area contributed by atoms with E-state index in [1.165, 1.54) is 36.4 Å². The van der Waals surface area contributed by atoms with Gasteiger partial charge in [0, 0.05) is 5.38 Å². The highest BCUT2D eigenvalue weighted by molar-refractivity contribution is 7.03. The molecule has 0 spiro atoms. The van der Waals surface area contributed by atoms with Crippen molar-refractivity contribution in [1.82, 2.24) is 15.0 Å². The average molecular weight is 224 g/mol. The Kier molecular flexibility index (Phi) is 3.82. The summed E-state index contributed by atoms with van der Waals surface area (Å²) >= 11 is 1.37. The number of aromatic nitrogens is 2. The van der Waals surface area contributed by atoms with Crippen molar-refractivity contribution in [1.29, 1.82) is 0 Å². The van der Waals surface area contributed by atoms with Crippen LogP contribution in [0.1, 0.15) is 43.8 Å². The maximum atomic E-state index is 5.59. The molecule has 2 rings (SSSR count). The fraction of sp³-hybridized carbons (Fsp3) is 0.600. The van der Waals surface area contributed by atoms with Crippen LogP contribution in [0.25, 0.3) is 0 Å². The number of nitrogens with one attached hydrogen (secondary N) is 1. The number of hydrogen-bond donors (Lipinski definition) is 2. The lowest BCUT2D eigenvalue weighted by Crippen LogP contribution is -2.29. The van der Waals surface area contributed by atoms with Crippen molar-refractivity contribution in [3.8, 4) is 0 Å². The molecule has 1 aromatic rings. The monoisotopic (exact) mass is 224 g/mol. The summed E-state index contributed by atoms with van der Waals surface area (Å²) in [5.74, 6) is 5.59. The van der Waals surface area contributed by atoms with Crippen LogP contribution >= 0.6 is 11.5 Å². The Hall–Kier alpha value is -0.780. The molecule has 15 heavy (non-hydrogen) atoms. The molecule has 1 aliphatic carbocycles. The van der Waals surface area contributed by atoms with Crippen LogP contribution in [0.4, 0.5) is 0 Å². The first kappa shape index (κ1) is 10.7. The van der Waals surface area contributed by atoms with E-state index in [4.69, 9.17) is 5.84 Å². The third-order valence-electron chi connectivity index (χ3n) is 2.79. The Morgan fingerprint density at radius 3 is 3.07 bits per heavy atom. The number of allylic oxidation sites excluding steroid dienone is 1. The Labute approximate surface area is 93.7 Å². The Bertz CT molecular complexity index is 320. The lowest BCUT2D eigenvalue weighted by Gasteiger charge is -2.16. The standard InChI is InChI=1S/C10H16N4S/c11-12-10(9-7-15-14-13-9)8-5-3-1-2-4-6-8/h5,7,10,12H,1-4,6,11H2. The molecule has 0 fully saturated rings. The number of hydrogen-bond acceptors (Lipinski definition) is 5. The molecule has 4 nitrogen and oxygen atoms in total. The molecule has 3 N–H and O–H groups in total. The van der Waals surface area contributed by atoms with E-state index in [-0.39, 0.29) is 6.04 Å². The van der Waals surface area contributed by atoms with Crippen molar-refractivity contribution in [2.75, 3.05) is 0 Å². The van der Waals surface area contributed by atoms with Gasteiger partial charge >= 0.3 is 0 Å². The fourth-order valence-corrected chi connectivity index (χ4v) is 2.46. The van der Waals surface area contributed by atoms with Crippen molar-refractivity contribution in [2.45, 2.75) is 38.1 Å². The SMILES string of the molecule is NNC(C1=CCCCCC1)c1csnn1. The van der Waals surface area contributed by atoms with Gasteiger partial charge < -0.3 is 0 Å². The first-order chi connectivity index (χ1) is 7.42. The van der Waals surface area contributed by atoms with Gasteiger partial charge in [-0.2, -0.15) is 0 Å². The smallest absolute Gasteiger partial charge is 0.0979 e. The van der Waals surface area contributed by atoms with Gasteiger partial charge in [0.25, 0.3) is 0 Å². The van der Waals surface area contributed by atoms with Crippen molar-refractivity contribution in [2.24, 2.45) is 5.84 Å². The summed E-state index contributed by atoms with van der Waals surface area (Å²) in [4.78, 5) is 0. The predicted molar refractivity (Wildman–Crippen MR) is 61.1 cm³/mol. The van der Waals surface area contributed by atoms with Crippen molar-refractivity contribution >= 4 is 11.5 Å². The number of rotatable bonds is 3. The van der Waals surface area contributed by atoms with Crippen LogP contribution in [0, 0.1) is 0 Å². The molecule has 5 heteroatoms. The van der Waals surface area contributed by atoms with Gasteiger partial charge in [0.2, 0.25) is 0 Å². The molecule has 1 heterocycles. The third kappa shape index (κ3) is 2.62. The molecule has 1 aromatic heterocycles. The number of nitrogens with two attached hydrogens (primary N) is 1. The zero-order chi connectivity index (χ0) is 10.5. The summed E-state index contributed by atoms with van der Waals surface area (Å²) in [5.41, 5.74) is 5.14. The molecular weight excluding hydrogens is 208 g/mol. The molecule has 0 amide bonds. The van der Waals surface area contributed by atoms with Crippen LogP contribution in [0.3, 0.4) is 0 Å². The van der Waals surface area contributed by atoms with E-state index in [9.17, 15) is 0 Å². The topological polar surface area (TPSA) is 63.8 Å². The third-order valence-corrected chi connectivity index (χ3v) is 3.31. The molecular formula is C10H16N4S. The maximum Gasteiger partial charge on any atom is 0.0979 e. The van der Waals surface area contributed by atoms with Crippen molar-refractivity contribution < 1.29 is 0 Å². The zero-order valence-electron chi connectivity index (χ0n) is 8.65. The van der Waals surface area contributed by atoms with Gasteiger partial charge in [-0.15, -0.1) is 5.10 Å². The summed E-state index contributed by atoms with van der Waals surface area (Å²) in [6.45, 7) is 0. The van der Waals surface area contributed by atoms with Crippen molar-refractivity contribution in [3.05, 3.63) is 22.7 Å². The highest BCUT2D eigenvalue weighted by Crippen LogP contribution is 2.27. The molecule has 0 radical (unpaired) electrons. The predicted octanol–water partition coefficient (Wildman–Crippen LogP) is 1.93. The van der Waals surface area contributed by atoms with E-state index >= 15 is 0 Å². The van der Waals surface area contributed by atoms with Gasteiger partial charge in [-0.1, -0.05) is 17.0 Å². The highest BCUT2D eigenvalue weighted by Gasteiger charge is 2.18. The first-order valence-electron chi connectivity index (χ1n) is 5.34. The largest absolute Gasteiger partial charge is 0.271 e. The minimum Gasteiger partial charge on any atom is -0.271 e. The van der Waals surface area contributed by atoms with E-state index in [1.807, 2.05) is 5.38 Å². The lowest BCUT2D eigenvalue weighted by atomic mass is 10.0. The van der Waals surface area contributed by atoms with E-state index in [0.717, 1.165) is 18.5 Å². The summed E-state index contributed by atoms with van der Waals surface area (Å²) in [5, 5.41) is 6.03. The molecule has 1 unspecified atom stereocenters. The molecule has 0 saturated carbocycles. The van der Waals surface area contributed by atoms with Gasteiger partial charge in [-0.25, -0.2) is 5.43 Å². The second-order valence-electron chi connectivity index (χ2n) is 3.81. The Balaban J connectivity index is 2.15. The van der Waals surface area contributed by atoms with E-state index < -0.39 is 0 Å². The normalized spacial score (nSPS) is 19.4. The van der Waals surface area contributed by atoms with E-state index in [1.54, 1.807) is 0 Å². The maximum absolute atomic E-state index is 5.59. The van der Waals surface area contributed by atoms with E-state index in [2.05, 4.69) is 21.1 Å². The average Bonchev–Trinajstić information content (AvgIpc) is 2.63. The summed E-state index contributed by atoms with van der Waals surface area (Å²) in [7, 11) is 0. The summed E-state index contributed by atoms with van der Waals surface area (Å²) in [6, 6.07) is 0.0573. The molecule has 1 aliphatic rings. The van der Waals surface area contributed by atoms with Gasteiger partial charge in [0.1, 0.15) is 0 Å². The van der Waals surface area contributed by atoms with E-state index in [0.29, 0.717) is 0 Å². The summed E-state index contributed by atoms with van der Waals surface area (Å²) in [6.07, 6.45) is 8.43. The van der Waals surface area contributed by atoms with Gasteiger partial charge in [0.15, 0.2) is 0 Å². The second-order valence-corrected chi connectivity index (χ2v) is 4.42.